The summed E-state index contributed by atoms with van der Waals surface area (Å²) >= 11 is 11.2. The summed E-state index contributed by atoms with van der Waals surface area (Å²) in [6.07, 6.45) is 4.66. The summed E-state index contributed by atoms with van der Waals surface area (Å²) in [5.41, 5.74) is 6.83. The highest BCUT2D eigenvalue weighted by Gasteiger charge is 2.04. The van der Waals surface area contributed by atoms with Gasteiger partial charge in [-0.3, -0.25) is 19.2 Å². The van der Waals surface area contributed by atoms with Crippen LogP contribution in [-0.2, 0) is 14.4 Å². The van der Waals surface area contributed by atoms with E-state index >= 15 is 0 Å². The van der Waals surface area contributed by atoms with E-state index in [-0.39, 0.29) is 64.5 Å². The number of nitrogens with two attached hydrogens (primary N) is 1. The van der Waals surface area contributed by atoms with Crippen LogP contribution in [-0.4, -0.2) is 80.2 Å². The van der Waals surface area contributed by atoms with E-state index in [2.05, 4.69) is 15.0 Å². The van der Waals surface area contributed by atoms with Gasteiger partial charge in [-0.15, -0.1) is 0 Å². The van der Waals surface area contributed by atoms with Gasteiger partial charge < -0.3 is 20.4 Å². The van der Waals surface area contributed by atoms with Crippen molar-refractivity contribution in [3.05, 3.63) is 82.0 Å². The monoisotopic (exact) mass is 655 g/mol. The lowest BCUT2D eigenvalue weighted by Gasteiger charge is -1.96. The molecular formula is C29H36B3Cl2N4O7. The number of carbonyl (C=O) groups excluding carboxylic acids is 5. The van der Waals surface area contributed by atoms with Crippen LogP contribution >= 0.6 is 23.2 Å². The molecule has 3 N–H and O–H groups in total. The topological polar surface area (TPSA) is 187 Å². The maximum absolute atomic E-state index is 10.7. The van der Waals surface area contributed by atoms with Crippen LogP contribution in [0, 0.1) is 0 Å². The second kappa shape index (κ2) is 31.3. The van der Waals surface area contributed by atoms with Gasteiger partial charge in [-0.1, -0.05) is 23.2 Å². The second-order valence-corrected chi connectivity index (χ2v) is 8.84. The predicted octanol–water partition coefficient (Wildman–Crippen LogP) is 4.88. The van der Waals surface area contributed by atoms with Crippen LogP contribution in [0.25, 0.3) is 0 Å². The number of aliphatic carboxylic acids is 1. The molecule has 0 aliphatic carbocycles. The van der Waals surface area contributed by atoms with Crippen molar-refractivity contribution < 1.29 is 33.9 Å². The fraction of sp³-hybridized carbons (Fsp3) is 0.276. The van der Waals surface area contributed by atoms with Crippen molar-refractivity contribution in [1.82, 2.24) is 15.0 Å². The predicted molar refractivity (Wildman–Crippen MR) is 180 cm³/mol. The molecule has 237 valence electrons. The van der Waals surface area contributed by atoms with Gasteiger partial charge in [0.2, 0.25) is 0 Å². The second-order valence-electron chi connectivity index (χ2n) is 8.12. The Morgan fingerprint density at radius 3 is 0.933 bits per heavy atom. The van der Waals surface area contributed by atoms with E-state index in [1.165, 1.54) is 48.5 Å². The Balaban J connectivity index is -0.000000105. The standard InChI is InChI=1S/2C7H6ClNO.C7H8N2O.2C3H6O.C2H4O2.3B/c3*1-5(10)6-3-2-4-9-7(6)8;2*1-3(2)4;1-2(3)4;;;/h2*2-4H,1H3;2-4H,1H3,(H2,8,9);2*1-2H3;1H3,(H,3,4);;;. The largest absolute Gasteiger partial charge is 0.481 e. The Labute approximate surface area is 280 Å². The molecule has 3 rings (SSSR count). The van der Waals surface area contributed by atoms with Gasteiger partial charge in [0.25, 0.3) is 5.97 Å². The Kier molecular flexibility index (Phi) is 37.1. The number of pyridine rings is 3. The molecule has 0 spiro atoms. The summed E-state index contributed by atoms with van der Waals surface area (Å²) in [4.78, 5) is 71.4. The van der Waals surface area contributed by atoms with Gasteiger partial charge in [0.1, 0.15) is 27.7 Å². The maximum atomic E-state index is 10.7. The third-order valence-electron chi connectivity index (χ3n) is 3.49. The van der Waals surface area contributed by atoms with Crippen molar-refractivity contribution in [2.75, 3.05) is 5.73 Å². The minimum Gasteiger partial charge on any atom is -0.481 e. The summed E-state index contributed by atoms with van der Waals surface area (Å²) in [7, 11) is 0. The molecule has 3 heterocycles. The summed E-state index contributed by atoms with van der Waals surface area (Å²) in [6, 6.07) is 10.0. The summed E-state index contributed by atoms with van der Waals surface area (Å²) in [5.74, 6) is -0.364. The smallest absolute Gasteiger partial charge is 0.300 e. The van der Waals surface area contributed by atoms with Crippen LogP contribution in [0.5, 0.6) is 0 Å². The summed E-state index contributed by atoms with van der Waals surface area (Å²) < 4.78 is 0. The van der Waals surface area contributed by atoms with Crippen LogP contribution in [0.15, 0.2) is 55.0 Å². The third-order valence-corrected chi connectivity index (χ3v) is 4.10. The van der Waals surface area contributed by atoms with E-state index in [0.29, 0.717) is 22.5 Å². The molecule has 0 aliphatic rings. The SMILES string of the molecule is CC(=O)O.CC(=O)c1cccnc1Cl.CC(=O)c1cccnc1Cl.CC(=O)c1cccnc1N.CC(C)=O.CC(C)=O.[B].[B].[B]. The molecule has 0 saturated carbocycles. The average molecular weight is 656 g/mol. The van der Waals surface area contributed by atoms with Crippen molar-refractivity contribution >= 4 is 89.1 Å². The van der Waals surface area contributed by atoms with Crippen LogP contribution < -0.4 is 5.73 Å². The first kappa shape index (κ1) is 53.4. The molecule has 0 amide bonds. The number of halogens is 2. The summed E-state index contributed by atoms with van der Waals surface area (Å²) in [6.45, 7) is 11.6. The van der Waals surface area contributed by atoms with E-state index in [9.17, 15) is 24.0 Å². The quantitative estimate of drug-likeness (QED) is 0.222. The number of hydrogen-bond donors (Lipinski definition) is 2. The third kappa shape index (κ3) is 34.2. The highest BCUT2D eigenvalue weighted by atomic mass is 35.5. The van der Waals surface area contributed by atoms with Gasteiger partial charge in [0, 0.05) is 50.8 Å². The molecule has 0 bridgehead atoms. The van der Waals surface area contributed by atoms with Crippen molar-refractivity contribution in [3.8, 4) is 0 Å². The van der Waals surface area contributed by atoms with Crippen molar-refractivity contribution in [3.63, 3.8) is 0 Å². The van der Waals surface area contributed by atoms with Gasteiger partial charge >= 0.3 is 0 Å². The molecule has 0 atom stereocenters. The zero-order chi connectivity index (χ0) is 33.4. The molecule has 3 aromatic rings. The normalized spacial score (nSPS) is 7.96. The number of hydrogen-bond acceptors (Lipinski definition) is 10. The van der Waals surface area contributed by atoms with Crippen molar-refractivity contribution in [2.45, 2.75) is 55.4 Å². The van der Waals surface area contributed by atoms with Crippen LogP contribution in [0.1, 0.15) is 86.5 Å². The molecule has 0 aromatic carbocycles. The van der Waals surface area contributed by atoms with Gasteiger partial charge in [-0.05, 0) is 84.9 Å². The Hall–Kier alpha value is -4.16. The maximum Gasteiger partial charge on any atom is 0.300 e. The molecule has 0 unspecified atom stereocenters. The lowest BCUT2D eigenvalue weighted by atomic mass is 10.2. The number of ketones is 5. The fourth-order valence-corrected chi connectivity index (χ4v) is 2.52. The molecule has 16 heteroatoms. The number of aromatic nitrogens is 3. The molecule has 9 radical (unpaired) electrons. The Morgan fingerprint density at radius 2 is 0.778 bits per heavy atom. The van der Waals surface area contributed by atoms with E-state index < -0.39 is 5.97 Å². The lowest BCUT2D eigenvalue weighted by molar-refractivity contribution is -0.134. The highest BCUT2D eigenvalue weighted by molar-refractivity contribution is 6.33. The number of Topliss-reactive ketones (excluding diaryl/α,β-unsaturated/α-hetero) is 5. The number of nitrogen functional groups attached to an aromatic ring is 1. The van der Waals surface area contributed by atoms with E-state index in [4.69, 9.17) is 38.8 Å². The zero-order valence-electron chi connectivity index (χ0n) is 26.5. The van der Waals surface area contributed by atoms with Crippen LogP contribution in [0.3, 0.4) is 0 Å². The first-order valence-corrected chi connectivity index (χ1v) is 12.7. The zero-order valence-corrected chi connectivity index (χ0v) is 28.0. The minimum atomic E-state index is -0.833. The van der Waals surface area contributed by atoms with Crippen molar-refractivity contribution in [1.29, 1.82) is 0 Å². The number of anilines is 1. The van der Waals surface area contributed by atoms with E-state index in [1.807, 2.05) is 0 Å². The lowest BCUT2D eigenvalue weighted by Crippen LogP contribution is -2.00. The Bertz CT molecular complexity index is 1180. The van der Waals surface area contributed by atoms with Gasteiger partial charge in [0.15, 0.2) is 17.3 Å². The first-order chi connectivity index (χ1) is 19.3. The van der Waals surface area contributed by atoms with Crippen LogP contribution in [0.4, 0.5) is 5.82 Å². The number of carbonyl (C=O) groups is 6. The molecule has 11 nitrogen and oxygen atoms in total. The van der Waals surface area contributed by atoms with E-state index in [1.54, 1.807) is 55.0 Å². The molecule has 0 saturated heterocycles. The fourth-order valence-electron chi connectivity index (χ4n) is 2.01. The van der Waals surface area contributed by atoms with E-state index in [0.717, 1.165) is 6.92 Å². The highest BCUT2D eigenvalue weighted by Crippen LogP contribution is 2.12. The molecule has 3 aromatic heterocycles. The molecule has 0 fully saturated rings. The molecule has 0 aliphatic heterocycles. The van der Waals surface area contributed by atoms with Gasteiger partial charge in [0.05, 0.1) is 16.7 Å². The number of nitrogens with zero attached hydrogens (tertiary/aromatic N) is 3. The van der Waals surface area contributed by atoms with Crippen molar-refractivity contribution in [2.24, 2.45) is 0 Å². The Morgan fingerprint density at radius 1 is 0.556 bits per heavy atom. The first-order valence-electron chi connectivity index (χ1n) is 11.9. The van der Waals surface area contributed by atoms with Gasteiger partial charge in [-0.2, -0.15) is 0 Å². The van der Waals surface area contributed by atoms with Gasteiger partial charge in [-0.25, -0.2) is 15.0 Å². The average Bonchev–Trinajstić information content (AvgIpc) is 2.84. The number of carboxylic acid groups (broad SMARTS) is 1. The molecular weight excluding hydrogens is 620 g/mol. The molecule has 45 heavy (non-hydrogen) atoms. The number of rotatable bonds is 3. The summed E-state index contributed by atoms with van der Waals surface area (Å²) in [5, 5.41) is 7.96. The van der Waals surface area contributed by atoms with Crippen LogP contribution in [0.2, 0.25) is 10.3 Å². The number of carboxylic acids is 1. The minimum absolute atomic E-state index is 0.